The minimum Gasteiger partial charge on any atom is -0.301 e. The molecule has 0 radical (unpaired) electrons. The fourth-order valence-electron chi connectivity index (χ4n) is 3.26. The molecule has 0 atom stereocenters. The van der Waals surface area contributed by atoms with Gasteiger partial charge in [0.25, 0.3) is 0 Å². The number of hydrogen-bond acceptors (Lipinski definition) is 1. The van der Waals surface area contributed by atoms with E-state index in [-0.39, 0.29) is 0 Å². The Morgan fingerprint density at radius 1 is 1.00 bits per heavy atom. The van der Waals surface area contributed by atoms with Gasteiger partial charge in [-0.05, 0) is 70.4 Å². The van der Waals surface area contributed by atoms with E-state index < -0.39 is 0 Å². The number of nitrogens with zero attached hydrogens (tertiary/aromatic N) is 1. The largest absolute Gasteiger partial charge is 0.301 e. The first-order chi connectivity index (χ1) is 6.66. The fourth-order valence-corrected chi connectivity index (χ4v) is 3.26. The van der Waals surface area contributed by atoms with E-state index in [1.807, 2.05) is 0 Å². The van der Waals surface area contributed by atoms with E-state index in [0.717, 1.165) is 23.8 Å². The number of rotatable bonds is 2. The molecule has 0 aromatic rings. The third-order valence-corrected chi connectivity index (χ3v) is 4.38. The molecule has 1 saturated heterocycles. The van der Waals surface area contributed by atoms with Crippen LogP contribution in [0.1, 0.15) is 46.5 Å². The van der Waals surface area contributed by atoms with Gasteiger partial charge >= 0.3 is 0 Å². The van der Waals surface area contributed by atoms with Crippen molar-refractivity contribution in [2.45, 2.75) is 52.5 Å². The Labute approximate surface area is 88.9 Å². The molecule has 1 nitrogen and oxygen atoms in total. The zero-order chi connectivity index (χ0) is 10.1. The maximum Gasteiger partial charge on any atom is 0.00385 e. The van der Waals surface area contributed by atoms with Gasteiger partial charge in [-0.3, -0.25) is 0 Å². The molecule has 14 heavy (non-hydrogen) atoms. The average Bonchev–Trinajstić information content (AvgIpc) is 2.13. The summed E-state index contributed by atoms with van der Waals surface area (Å²) in [7, 11) is 0. The summed E-state index contributed by atoms with van der Waals surface area (Å²) in [6.07, 6.45) is 5.98. The summed E-state index contributed by atoms with van der Waals surface area (Å²) in [6, 6.07) is 0.760. The molecule has 1 saturated carbocycles. The summed E-state index contributed by atoms with van der Waals surface area (Å²) in [6.45, 7) is 9.76. The molecule has 0 unspecified atom stereocenters. The van der Waals surface area contributed by atoms with Crippen LogP contribution in [0.2, 0.25) is 0 Å². The second-order valence-electron chi connectivity index (χ2n) is 5.80. The smallest absolute Gasteiger partial charge is 0.00385 e. The Hall–Kier alpha value is -0.0400. The van der Waals surface area contributed by atoms with Crippen molar-refractivity contribution < 1.29 is 0 Å². The van der Waals surface area contributed by atoms with Crippen molar-refractivity contribution >= 4 is 0 Å². The topological polar surface area (TPSA) is 3.24 Å². The minimum absolute atomic E-state index is 0.760. The zero-order valence-corrected chi connectivity index (χ0v) is 10.00. The van der Waals surface area contributed by atoms with Crippen LogP contribution in [0.3, 0.4) is 0 Å². The van der Waals surface area contributed by atoms with Crippen LogP contribution in [0.25, 0.3) is 0 Å². The van der Waals surface area contributed by atoms with Gasteiger partial charge in [0.15, 0.2) is 0 Å². The lowest BCUT2D eigenvalue weighted by Crippen LogP contribution is -2.42. The Balaban J connectivity index is 1.73. The number of piperidine rings is 1. The van der Waals surface area contributed by atoms with Gasteiger partial charge in [0.05, 0.1) is 0 Å². The molecule has 0 bridgehead atoms. The van der Waals surface area contributed by atoms with Crippen LogP contribution in [0.15, 0.2) is 0 Å². The molecule has 82 valence electrons. The molecule has 1 aliphatic carbocycles. The second kappa shape index (κ2) is 4.22. The zero-order valence-electron chi connectivity index (χ0n) is 10.00. The molecule has 0 aromatic carbocycles. The Morgan fingerprint density at radius 3 is 2.00 bits per heavy atom. The van der Waals surface area contributed by atoms with Crippen molar-refractivity contribution in [3.8, 4) is 0 Å². The molecule has 2 fully saturated rings. The lowest BCUT2D eigenvalue weighted by atomic mass is 9.67. The molecule has 1 aliphatic heterocycles. The number of hydrogen-bond donors (Lipinski definition) is 0. The summed E-state index contributed by atoms with van der Waals surface area (Å²) < 4.78 is 0. The molecular formula is C13H25N. The molecule has 1 heterocycles. The first-order valence-electron chi connectivity index (χ1n) is 6.41. The van der Waals surface area contributed by atoms with Crippen molar-refractivity contribution in [3.63, 3.8) is 0 Å². The van der Waals surface area contributed by atoms with E-state index in [4.69, 9.17) is 0 Å². The van der Waals surface area contributed by atoms with Crippen LogP contribution in [0, 0.1) is 17.8 Å². The first kappa shape index (κ1) is 10.5. The minimum atomic E-state index is 0.760. The summed E-state index contributed by atoms with van der Waals surface area (Å²) in [5, 5.41) is 0. The molecule has 0 N–H and O–H groups in total. The van der Waals surface area contributed by atoms with Gasteiger partial charge in [0.2, 0.25) is 0 Å². The molecule has 0 aromatic heterocycles. The molecule has 0 spiro atoms. The highest BCUT2D eigenvalue weighted by atomic mass is 15.1. The monoisotopic (exact) mass is 195 g/mol. The van der Waals surface area contributed by atoms with Crippen LogP contribution >= 0.6 is 0 Å². The second-order valence-corrected chi connectivity index (χ2v) is 5.80. The molecule has 2 rings (SSSR count). The lowest BCUT2D eigenvalue weighted by Gasteiger charge is -2.43. The molecular weight excluding hydrogens is 170 g/mol. The summed E-state index contributed by atoms with van der Waals surface area (Å²) in [5.74, 6) is 3.20. The third kappa shape index (κ3) is 2.13. The van der Waals surface area contributed by atoms with E-state index in [1.165, 1.54) is 38.8 Å². The Kier molecular flexibility index (Phi) is 3.16. The van der Waals surface area contributed by atoms with Crippen molar-refractivity contribution in [1.82, 2.24) is 4.90 Å². The van der Waals surface area contributed by atoms with Gasteiger partial charge in [0, 0.05) is 6.04 Å². The third-order valence-electron chi connectivity index (χ3n) is 4.38. The average molecular weight is 195 g/mol. The standard InChI is InChI=1S/C13H25N/c1-10(2)14-6-4-12(5-7-14)13-8-11(3)9-13/h10-13H,4-9H2,1-3H3. The predicted octanol–water partition coefficient (Wildman–Crippen LogP) is 3.15. The van der Waals surface area contributed by atoms with Crippen LogP contribution in [-0.4, -0.2) is 24.0 Å². The first-order valence-corrected chi connectivity index (χ1v) is 6.41. The van der Waals surface area contributed by atoms with E-state index >= 15 is 0 Å². The van der Waals surface area contributed by atoms with E-state index in [9.17, 15) is 0 Å². The van der Waals surface area contributed by atoms with Crippen LogP contribution in [0.5, 0.6) is 0 Å². The summed E-state index contributed by atoms with van der Waals surface area (Å²) >= 11 is 0. The fraction of sp³-hybridized carbons (Fsp3) is 1.00. The maximum atomic E-state index is 2.64. The lowest BCUT2D eigenvalue weighted by molar-refractivity contribution is 0.0646. The van der Waals surface area contributed by atoms with Gasteiger partial charge < -0.3 is 4.90 Å². The van der Waals surface area contributed by atoms with Crippen molar-refractivity contribution in [2.75, 3.05) is 13.1 Å². The van der Waals surface area contributed by atoms with Gasteiger partial charge in [-0.15, -0.1) is 0 Å². The van der Waals surface area contributed by atoms with Crippen LogP contribution in [0.4, 0.5) is 0 Å². The van der Waals surface area contributed by atoms with Crippen molar-refractivity contribution in [1.29, 1.82) is 0 Å². The molecule has 1 heteroatoms. The van der Waals surface area contributed by atoms with Crippen LogP contribution < -0.4 is 0 Å². The molecule has 2 aliphatic rings. The maximum absolute atomic E-state index is 2.64. The quantitative estimate of drug-likeness (QED) is 0.654. The highest BCUT2D eigenvalue weighted by molar-refractivity contribution is 4.86. The highest BCUT2D eigenvalue weighted by Gasteiger charge is 2.34. The number of likely N-dealkylation sites (tertiary alicyclic amines) is 1. The van der Waals surface area contributed by atoms with E-state index in [0.29, 0.717) is 0 Å². The predicted molar refractivity (Wildman–Crippen MR) is 61.3 cm³/mol. The SMILES string of the molecule is CC1CC(C2CCN(C(C)C)CC2)C1. The normalized spacial score (nSPS) is 36.0. The Morgan fingerprint density at radius 2 is 1.57 bits per heavy atom. The van der Waals surface area contributed by atoms with Crippen molar-refractivity contribution in [2.24, 2.45) is 17.8 Å². The summed E-state index contributed by atoms with van der Waals surface area (Å²) in [4.78, 5) is 2.64. The van der Waals surface area contributed by atoms with Gasteiger partial charge in [-0.2, -0.15) is 0 Å². The molecule has 0 amide bonds. The Bertz CT molecular complexity index is 174. The van der Waals surface area contributed by atoms with Crippen molar-refractivity contribution in [3.05, 3.63) is 0 Å². The summed E-state index contributed by atoms with van der Waals surface area (Å²) in [5.41, 5.74) is 0. The van der Waals surface area contributed by atoms with Gasteiger partial charge in [-0.1, -0.05) is 6.92 Å². The van der Waals surface area contributed by atoms with Crippen LogP contribution in [-0.2, 0) is 0 Å². The highest BCUT2D eigenvalue weighted by Crippen LogP contribution is 2.42. The van der Waals surface area contributed by atoms with E-state index in [2.05, 4.69) is 25.7 Å². The van der Waals surface area contributed by atoms with E-state index in [1.54, 1.807) is 0 Å². The van der Waals surface area contributed by atoms with Gasteiger partial charge in [-0.25, -0.2) is 0 Å². The van der Waals surface area contributed by atoms with Gasteiger partial charge in [0.1, 0.15) is 0 Å².